The summed E-state index contributed by atoms with van der Waals surface area (Å²) in [7, 11) is -3.77. The number of thioether (sulfide) groups is 1. The maximum absolute atomic E-state index is 12.3. The third-order valence-electron chi connectivity index (χ3n) is 4.12. The second kappa shape index (κ2) is 8.17. The second-order valence-electron chi connectivity index (χ2n) is 6.01. The van der Waals surface area contributed by atoms with E-state index < -0.39 is 10.0 Å². The van der Waals surface area contributed by atoms with E-state index in [0.29, 0.717) is 12.2 Å². The third kappa shape index (κ3) is 4.44. The summed E-state index contributed by atoms with van der Waals surface area (Å²) in [5.41, 5.74) is 1.19. The van der Waals surface area contributed by atoms with Crippen molar-refractivity contribution in [3.05, 3.63) is 65.0 Å². The number of hydrogen-bond donors (Lipinski definition) is 2. The van der Waals surface area contributed by atoms with Gasteiger partial charge in [-0.1, -0.05) is 18.2 Å². The number of hydrogen-bond acceptors (Lipinski definition) is 5. The Bertz CT molecular complexity index is 1190. The first-order chi connectivity index (χ1) is 13.3. The molecule has 0 saturated heterocycles. The Morgan fingerprint density at radius 3 is 2.46 bits per heavy atom. The molecule has 3 aromatic rings. The van der Waals surface area contributed by atoms with E-state index in [1.54, 1.807) is 10.6 Å². The molecule has 3 rings (SSSR count). The van der Waals surface area contributed by atoms with E-state index in [1.807, 2.05) is 31.2 Å². The maximum atomic E-state index is 12.3. The highest BCUT2D eigenvalue weighted by molar-refractivity contribution is 8.00. The Kier molecular flexibility index (Phi) is 5.87. The molecule has 7 nitrogen and oxygen atoms in total. The van der Waals surface area contributed by atoms with Crippen LogP contribution in [-0.4, -0.2) is 24.6 Å². The fourth-order valence-electron chi connectivity index (χ4n) is 2.82. The number of nitrogens with one attached hydrogen (secondary N) is 1. The Hall–Kier alpha value is -2.62. The zero-order valence-electron chi connectivity index (χ0n) is 15.1. The van der Waals surface area contributed by atoms with Crippen molar-refractivity contribution >= 4 is 44.3 Å². The molecular formula is C19H19N3O4S2. The lowest BCUT2D eigenvalue weighted by Gasteiger charge is -2.12. The standard InChI is InChI=1S/C19H19N3O4S2/c1-2-22-16-6-4-3-5-15(16)17(11-19(22)24)27-12-18(23)21-13-7-9-14(10-8-13)28(20,25)26/h3-11H,2,12H2,1H3,(H,21,23)(H2,20,25,26). The number of aryl methyl sites for hydroxylation is 1. The highest BCUT2D eigenvalue weighted by atomic mass is 32.2. The van der Waals surface area contributed by atoms with E-state index in [-0.39, 0.29) is 22.1 Å². The molecular weight excluding hydrogens is 398 g/mol. The molecule has 2 aromatic carbocycles. The molecule has 1 heterocycles. The van der Waals surface area contributed by atoms with Gasteiger partial charge in [0, 0.05) is 28.6 Å². The van der Waals surface area contributed by atoms with Gasteiger partial charge in [0.2, 0.25) is 15.9 Å². The molecule has 0 unspecified atom stereocenters. The zero-order chi connectivity index (χ0) is 20.3. The number of nitrogens with two attached hydrogens (primary N) is 1. The molecule has 0 aliphatic heterocycles. The third-order valence-corrected chi connectivity index (χ3v) is 6.11. The van der Waals surface area contributed by atoms with Crippen molar-refractivity contribution in [3.63, 3.8) is 0 Å². The first-order valence-corrected chi connectivity index (χ1v) is 11.0. The van der Waals surface area contributed by atoms with Crippen LogP contribution in [0.25, 0.3) is 10.9 Å². The van der Waals surface area contributed by atoms with Crippen LogP contribution in [0.1, 0.15) is 6.92 Å². The number of carbonyl (C=O) groups excluding carboxylic acids is 1. The van der Waals surface area contributed by atoms with Crippen molar-refractivity contribution in [2.24, 2.45) is 5.14 Å². The highest BCUT2D eigenvalue weighted by Gasteiger charge is 2.11. The van der Waals surface area contributed by atoms with Crippen LogP contribution in [0.5, 0.6) is 0 Å². The first-order valence-electron chi connectivity index (χ1n) is 8.47. The summed E-state index contributed by atoms with van der Waals surface area (Å²) in [6, 6.07) is 14.7. The molecule has 0 spiro atoms. The Morgan fingerprint density at radius 2 is 1.82 bits per heavy atom. The number of fused-ring (bicyclic) bond motifs is 1. The predicted molar refractivity (Wildman–Crippen MR) is 111 cm³/mol. The SMILES string of the molecule is CCn1c(=O)cc(SCC(=O)Nc2ccc(S(N)(=O)=O)cc2)c2ccccc21. The van der Waals surface area contributed by atoms with Gasteiger partial charge in [0.05, 0.1) is 16.2 Å². The van der Waals surface area contributed by atoms with Crippen LogP contribution in [0.3, 0.4) is 0 Å². The van der Waals surface area contributed by atoms with Crippen LogP contribution in [0, 0.1) is 0 Å². The van der Waals surface area contributed by atoms with E-state index in [2.05, 4.69) is 5.32 Å². The van der Waals surface area contributed by atoms with Gasteiger partial charge in [-0.25, -0.2) is 13.6 Å². The number of carbonyl (C=O) groups is 1. The minimum absolute atomic E-state index is 0.0252. The molecule has 146 valence electrons. The summed E-state index contributed by atoms with van der Waals surface area (Å²) in [5, 5.41) is 8.67. The van der Waals surface area contributed by atoms with E-state index in [4.69, 9.17) is 5.14 Å². The molecule has 28 heavy (non-hydrogen) atoms. The van der Waals surface area contributed by atoms with E-state index >= 15 is 0 Å². The number of nitrogens with zero attached hydrogens (tertiary/aromatic N) is 1. The van der Waals surface area contributed by atoms with Gasteiger partial charge in [0.15, 0.2) is 0 Å². The number of primary sulfonamides is 1. The summed E-state index contributed by atoms with van der Waals surface area (Å²) < 4.78 is 24.2. The summed E-state index contributed by atoms with van der Waals surface area (Å²) in [6.07, 6.45) is 0. The van der Waals surface area contributed by atoms with Crippen molar-refractivity contribution in [1.82, 2.24) is 4.57 Å². The fourth-order valence-corrected chi connectivity index (χ4v) is 4.20. The van der Waals surface area contributed by atoms with E-state index in [0.717, 1.165) is 15.8 Å². The van der Waals surface area contributed by atoms with Gasteiger partial charge in [0.25, 0.3) is 5.56 Å². The summed E-state index contributed by atoms with van der Waals surface area (Å²) in [5.74, 6) is -0.159. The van der Waals surface area contributed by atoms with Gasteiger partial charge < -0.3 is 9.88 Å². The van der Waals surface area contributed by atoms with E-state index in [1.165, 1.54) is 36.0 Å². The normalized spacial score (nSPS) is 11.5. The smallest absolute Gasteiger partial charge is 0.252 e. The number of amides is 1. The number of rotatable bonds is 6. The van der Waals surface area contributed by atoms with Crippen LogP contribution in [0.15, 0.2) is 69.2 Å². The molecule has 0 fully saturated rings. The van der Waals surface area contributed by atoms with Crippen molar-refractivity contribution < 1.29 is 13.2 Å². The average molecular weight is 418 g/mol. The van der Waals surface area contributed by atoms with Gasteiger partial charge in [0.1, 0.15) is 0 Å². The Balaban J connectivity index is 1.74. The van der Waals surface area contributed by atoms with Crippen molar-refractivity contribution in [3.8, 4) is 0 Å². The number of pyridine rings is 1. The van der Waals surface area contributed by atoms with Gasteiger partial charge in [-0.2, -0.15) is 0 Å². The molecule has 0 radical (unpaired) electrons. The van der Waals surface area contributed by atoms with Gasteiger partial charge in [-0.05, 0) is 37.3 Å². The molecule has 0 bridgehead atoms. The summed E-state index contributed by atoms with van der Waals surface area (Å²) in [6.45, 7) is 2.48. The lowest BCUT2D eigenvalue weighted by atomic mass is 10.2. The number of para-hydroxylation sites is 1. The average Bonchev–Trinajstić information content (AvgIpc) is 2.66. The first kappa shape index (κ1) is 20.1. The Labute approximate surface area is 166 Å². The molecule has 1 amide bonds. The van der Waals surface area contributed by atoms with Crippen LogP contribution < -0.4 is 16.0 Å². The predicted octanol–water partition coefficient (Wildman–Crippen LogP) is 2.40. The molecule has 0 saturated carbocycles. The summed E-state index contributed by atoms with van der Waals surface area (Å²) in [4.78, 5) is 25.3. The van der Waals surface area contributed by atoms with Crippen LogP contribution >= 0.6 is 11.8 Å². The monoisotopic (exact) mass is 417 g/mol. The largest absolute Gasteiger partial charge is 0.325 e. The molecule has 0 aliphatic carbocycles. The minimum Gasteiger partial charge on any atom is -0.325 e. The number of aromatic nitrogens is 1. The van der Waals surface area contributed by atoms with Crippen LogP contribution in [0.2, 0.25) is 0 Å². The molecule has 3 N–H and O–H groups in total. The number of sulfonamides is 1. The zero-order valence-corrected chi connectivity index (χ0v) is 16.7. The van der Waals surface area contributed by atoms with E-state index in [9.17, 15) is 18.0 Å². The fraction of sp³-hybridized carbons (Fsp3) is 0.158. The van der Waals surface area contributed by atoms with Gasteiger partial charge in [-0.15, -0.1) is 11.8 Å². The molecule has 0 atom stereocenters. The molecule has 9 heteroatoms. The van der Waals surface area contributed by atoms with Gasteiger partial charge >= 0.3 is 0 Å². The second-order valence-corrected chi connectivity index (χ2v) is 8.59. The van der Waals surface area contributed by atoms with Gasteiger partial charge in [-0.3, -0.25) is 9.59 Å². The van der Waals surface area contributed by atoms with Crippen molar-refractivity contribution in [2.75, 3.05) is 11.1 Å². The topological polar surface area (TPSA) is 111 Å². The van der Waals surface area contributed by atoms with Crippen molar-refractivity contribution in [2.45, 2.75) is 23.3 Å². The molecule has 1 aromatic heterocycles. The van der Waals surface area contributed by atoms with Crippen LogP contribution in [0.4, 0.5) is 5.69 Å². The lowest BCUT2D eigenvalue weighted by molar-refractivity contribution is -0.113. The molecule has 0 aliphatic rings. The van der Waals surface area contributed by atoms with Crippen molar-refractivity contribution in [1.29, 1.82) is 0 Å². The lowest BCUT2D eigenvalue weighted by Crippen LogP contribution is -2.19. The minimum atomic E-state index is -3.77. The maximum Gasteiger partial charge on any atom is 0.252 e. The number of anilines is 1. The summed E-state index contributed by atoms with van der Waals surface area (Å²) >= 11 is 1.28. The Morgan fingerprint density at radius 1 is 1.14 bits per heavy atom. The number of benzene rings is 2. The van der Waals surface area contributed by atoms with Crippen LogP contribution in [-0.2, 0) is 21.4 Å². The highest BCUT2D eigenvalue weighted by Crippen LogP contribution is 2.26. The quantitative estimate of drug-likeness (QED) is 0.598.